The number of carbonyl (C=O) groups is 1. The van der Waals surface area contributed by atoms with E-state index in [0.717, 1.165) is 19.5 Å². The van der Waals surface area contributed by atoms with Crippen molar-refractivity contribution in [3.05, 3.63) is 23.8 Å². The molecule has 0 N–H and O–H groups in total. The summed E-state index contributed by atoms with van der Waals surface area (Å²) >= 11 is 5.84. The molecule has 4 nitrogen and oxygen atoms in total. The largest absolute Gasteiger partial charge is 0.493 e. The molecule has 1 heterocycles. The van der Waals surface area contributed by atoms with Crippen LogP contribution in [0.15, 0.2) is 18.2 Å². The minimum Gasteiger partial charge on any atom is -0.493 e. The smallest absolute Gasteiger partial charge is 0.254 e. The van der Waals surface area contributed by atoms with Crippen molar-refractivity contribution in [3.8, 4) is 11.5 Å². The van der Waals surface area contributed by atoms with Crippen molar-refractivity contribution in [2.24, 2.45) is 5.92 Å². The second-order valence-electron chi connectivity index (χ2n) is 4.63. The van der Waals surface area contributed by atoms with E-state index < -0.39 is 0 Å². The Morgan fingerprint density at radius 1 is 1.37 bits per heavy atom. The number of alkyl halides is 1. The highest BCUT2D eigenvalue weighted by atomic mass is 35.5. The lowest BCUT2D eigenvalue weighted by molar-refractivity contribution is 0.0788. The lowest BCUT2D eigenvalue weighted by atomic mass is 10.1. The topological polar surface area (TPSA) is 38.8 Å². The van der Waals surface area contributed by atoms with E-state index in [9.17, 15) is 4.79 Å². The van der Waals surface area contributed by atoms with Crippen molar-refractivity contribution in [1.82, 2.24) is 4.90 Å². The summed E-state index contributed by atoms with van der Waals surface area (Å²) in [7, 11) is 3.14. The maximum absolute atomic E-state index is 12.4. The molecule has 0 aliphatic carbocycles. The molecule has 1 aromatic carbocycles. The first-order chi connectivity index (χ1) is 9.19. The van der Waals surface area contributed by atoms with E-state index in [1.165, 1.54) is 0 Å². The van der Waals surface area contributed by atoms with Crippen molar-refractivity contribution in [3.63, 3.8) is 0 Å². The first-order valence-electron chi connectivity index (χ1n) is 6.26. The lowest BCUT2D eigenvalue weighted by Gasteiger charge is -2.17. The Bertz CT molecular complexity index is 464. The molecule has 1 unspecified atom stereocenters. The van der Waals surface area contributed by atoms with Crippen LogP contribution in [-0.2, 0) is 0 Å². The molecular formula is C14H18ClNO3. The Kier molecular flexibility index (Phi) is 4.53. The second-order valence-corrected chi connectivity index (χ2v) is 4.94. The minimum absolute atomic E-state index is 0.0218. The van der Waals surface area contributed by atoms with Crippen LogP contribution in [0.1, 0.15) is 16.8 Å². The van der Waals surface area contributed by atoms with Gasteiger partial charge in [-0.25, -0.2) is 0 Å². The van der Waals surface area contributed by atoms with Crippen molar-refractivity contribution < 1.29 is 14.3 Å². The molecule has 0 aromatic heterocycles. The number of nitrogens with zero attached hydrogens (tertiary/aromatic N) is 1. The second kappa shape index (κ2) is 6.15. The van der Waals surface area contributed by atoms with Crippen molar-refractivity contribution in [1.29, 1.82) is 0 Å². The molecule has 5 heteroatoms. The van der Waals surface area contributed by atoms with Gasteiger partial charge in [0, 0.05) is 24.5 Å². The summed E-state index contributed by atoms with van der Waals surface area (Å²) in [6.07, 6.45) is 0.975. The number of carbonyl (C=O) groups excluding carboxylic acids is 1. The van der Waals surface area contributed by atoms with Crippen LogP contribution in [0, 0.1) is 5.92 Å². The molecule has 1 aromatic rings. The third kappa shape index (κ3) is 2.95. The van der Waals surface area contributed by atoms with E-state index in [0.29, 0.717) is 28.9 Å². The van der Waals surface area contributed by atoms with Crippen LogP contribution in [0.4, 0.5) is 0 Å². The number of benzene rings is 1. The highest BCUT2D eigenvalue weighted by molar-refractivity contribution is 6.18. The van der Waals surface area contributed by atoms with Gasteiger partial charge in [0.15, 0.2) is 11.5 Å². The molecule has 1 amide bonds. The lowest BCUT2D eigenvalue weighted by Crippen LogP contribution is -2.28. The van der Waals surface area contributed by atoms with Gasteiger partial charge in [0.25, 0.3) is 5.91 Å². The highest BCUT2D eigenvalue weighted by Crippen LogP contribution is 2.29. The van der Waals surface area contributed by atoms with Gasteiger partial charge >= 0.3 is 0 Å². The Hall–Kier alpha value is -1.42. The normalized spacial score (nSPS) is 18.5. The molecule has 19 heavy (non-hydrogen) atoms. The number of ether oxygens (including phenoxy) is 2. The monoisotopic (exact) mass is 283 g/mol. The molecule has 1 saturated heterocycles. The maximum atomic E-state index is 12.4. The average molecular weight is 284 g/mol. The number of rotatable bonds is 4. The third-order valence-corrected chi connectivity index (χ3v) is 3.86. The predicted octanol–water partition coefficient (Wildman–Crippen LogP) is 2.40. The van der Waals surface area contributed by atoms with Gasteiger partial charge < -0.3 is 14.4 Å². The average Bonchev–Trinajstić information content (AvgIpc) is 2.94. The zero-order valence-corrected chi connectivity index (χ0v) is 11.9. The molecule has 0 spiro atoms. The Labute approximate surface area is 118 Å². The minimum atomic E-state index is 0.0218. The molecule has 1 fully saturated rings. The molecule has 0 saturated carbocycles. The summed E-state index contributed by atoms with van der Waals surface area (Å²) in [5, 5.41) is 0. The maximum Gasteiger partial charge on any atom is 0.254 e. The molecule has 0 bridgehead atoms. The Morgan fingerprint density at radius 2 is 2.11 bits per heavy atom. The summed E-state index contributed by atoms with van der Waals surface area (Å²) in [5.41, 5.74) is 0.618. The van der Waals surface area contributed by atoms with Gasteiger partial charge in [0.2, 0.25) is 0 Å². The van der Waals surface area contributed by atoms with Crippen molar-refractivity contribution in [2.45, 2.75) is 6.42 Å². The standard InChI is InChI=1S/C14H18ClNO3/c1-18-12-4-3-11(7-13(12)19-2)14(17)16-6-5-10(8-15)9-16/h3-4,7,10H,5-6,8-9H2,1-2H3. The van der Waals surface area contributed by atoms with Gasteiger partial charge in [-0.3, -0.25) is 4.79 Å². The SMILES string of the molecule is COc1ccc(C(=O)N2CCC(CCl)C2)cc1OC. The van der Waals surface area contributed by atoms with E-state index in [1.807, 2.05) is 4.90 Å². The van der Waals surface area contributed by atoms with E-state index >= 15 is 0 Å². The molecule has 1 atom stereocenters. The highest BCUT2D eigenvalue weighted by Gasteiger charge is 2.26. The van der Waals surface area contributed by atoms with Gasteiger partial charge in [-0.05, 0) is 30.5 Å². The van der Waals surface area contributed by atoms with Crippen LogP contribution in [-0.4, -0.2) is 44.0 Å². The number of hydrogen-bond donors (Lipinski definition) is 0. The van der Waals surface area contributed by atoms with E-state index in [2.05, 4.69) is 0 Å². The molecule has 104 valence electrons. The van der Waals surface area contributed by atoms with Crippen LogP contribution in [0.25, 0.3) is 0 Å². The summed E-state index contributed by atoms with van der Waals surface area (Å²) in [4.78, 5) is 14.2. The van der Waals surface area contributed by atoms with Crippen molar-refractivity contribution >= 4 is 17.5 Å². The van der Waals surface area contributed by atoms with Crippen LogP contribution in [0.3, 0.4) is 0 Å². The fourth-order valence-electron chi connectivity index (χ4n) is 2.29. The number of methoxy groups -OCH3 is 2. The van der Waals surface area contributed by atoms with E-state index in [4.69, 9.17) is 21.1 Å². The summed E-state index contributed by atoms with van der Waals surface area (Å²) < 4.78 is 10.4. The zero-order chi connectivity index (χ0) is 13.8. The fourth-order valence-corrected chi connectivity index (χ4v) is 2.55. The molecule has 2 rings (SSSR count). The Balaban J connectivity index is 2.15. The number of likely N-dealkylation sites (tertiary alicyclic amines) is 1. The zero-order valence-electron chi connectivity index (χ0n) is 11.2. The number of halogens is 1. The fraction of sp³-hybridized carbons (Fsp3) is 0.500. The van der Waals surface area contributed by atoms with Gasteiger partial charge in [0.1, 0.15) is 0 Å². The van der Waals surface area contributed by atoms with Gasteiger partial charge in [-0.15, -0.1) is 11.6 Å². The predicted molar refractivity (Wildman–Crippen MR) is 74.3 cm³/mol. The van der Waals surface area contributed by atoms with Crippen LogP contribution < -0.4 is 9.47 Å². The number of amides is 1. The molecular weight excluding hydrogens is 266 g/mol. The molecule has 0 radical (unpaired) electrons. The van der Waals surface area contributed by atoms with Gasteiger partial charge in [0.05, 0.1) is 14.2 Å². The summed E-state index contributed by atoms with van der Waals surface area (Å²) in [5.74, 6) is 2.23. The van der Waals surface area contributed by atoms with Gasteiger partial charge in [-0.1, -0.05) is 0 Å². The first-order valence-corrected chi connectivity index (χ1v) is 6.80. The quantitative estimate of drug-likeness (QED) is 0.797. The van der Waals surface area contributed by atoms with Gasteiger partial charge in [-0.2, -0.15) is 0 Å². The van der Waals surface area contributed by atoms with E-state index in [1.54, 1.807) is 32.4 Å². The first kappa shape index (κ1) is 14.0. The number of hydrogen-bond acceptors (Lipinski definition) is 3. The van der Waals surface area contributed by atoms with Crippen LogP contribution in [0.5, 0.6) is 11.5 Å². The molecule has 1 aliphatic heterocycles. The molecule has 1 aliphatic rings. The summed E-state index contributed by atoms with van der Waals surface area (Å²) in [6.45, 7) is 1.50. The van der Waals surface area contributed by atoms with Crippen molar-refractivity contribution in [2.75, 3.05) is 33.2 Å². The summed E-state index contributed by atoms with van der Waals surface area (Å²) in [6, 6.07) is 5.23. The van der Waals surface area contributed by atoms with E-state index in [-0.39, 0.29) is 5.91 Å². The van der Waals surface area contributed by atoms with Crippen LogP contribution in [0.2, 0.25) is 0 Å². The van der Waals surface area contributed by atoms with Crippen LogP contribution >= 0.6 is 11.6 Å². The third-order valence-electron chi connectivity index (χ3n) is 3.42. The Morgan fingerprint density at radius 3 is 2.68 bits per heavy atom.